The van der Waals surface area contributed by atoms with Gasteiger partial charge >= 0.3 is 0 Å². The second-order valence-electron chi connectivity index (χ2n) is 7.75. The van der Waals surface area contributed by atoms with Crippen LogP contribution in [0.1, 0.15) is 23.8 Å². The van der Waals surface area contributed by atoms with Crippen LogP contribution in [0.25, 0.3) is 22.2 Å². The minimum Gasteiger partial charge on any atom is -0.471 e. The number of nitrogens with one attached hydrogen (secondary N) is 1. The molecule has 0 bridgehead atoms. The first-order valence-corrected chi connectivity index (χ1v) is 11.2. The molecule has 0 unspecified atom stereocenters. The zero-order valence-electron chi connectivity index (χ0n) is 18.0. The molecule has 1 aliphatic heterocycles. The lowest BCUT2D eigenvalue weighted by atomic mass is 10.1. The normalized spacial score (nSPS) is 16.3. The van der Waals surface area contributed by atoms with E-state index in [0.717, 1.165) is 6.42 Å². The molecule has 0 radical (unpaired) electrons. The number of ether oxygens (including phenoxy) is 3. The third kappa shape index (κ3) is 4.59. The highest BCUT2D eigenvalue weighted by molar-refractivity contribution is 6.35. The van der Waals surface area contributed by atoms with Gasteiger partial charge in [-0.05, 0) is 12.1 Å². The van der Waals surface area contributed by atoms with Crippen molar-refractivity contribution < 1.29 is 18.6 Å². The van der Waals surface area contributed by atoms with Crippen LogP contribution in [0.4, 0.5) is 4.39 Å². The molecule has 5 rings (SSSR count). The summed E-state index contributed by atoms with van der Waals surface area (Å²) in [7, 11) is 0. The number of hydrogen-bond donors (Lipinski definition) is 2. The first-order valence-electron chi connectivity index (χ1n) is 10.5. The quantitative estimate of drug-likeness (QED) is 0.358. The number of aromatic nitrogens is 4. The number of rotatable bonds is 6. The highest BCUT2D eigenvalue weighted by atomic mass is 35.5. The van der Waals surface area contributed by atoms with Crippen LogP contribution in [0.5, 0.6) is 11.6 Å². The minimum atomic E-state index is -1.15. The number of hydrogen-bond acceptors (Lipinski definition) is 8. The van der Waals surface area contributed by atoms with Crippen LogP contribution >= 0.6 is 23.2 Å². The summed E-state index contributed by atoms with van der Waals surface area (Å²) in [6, 6.07) is 6.40. The summed E-state index contributed by atoms with van der Waals surface area (Å²) in [5.41, 5.74) is 8.02. The van der Waals surface area contributed by atoms with E-state index in [0.29, 0.717) is 35.4 Å². The fourth-order valence-electron chi connectivity index (χ4n) is 3.74. The molecule has 3 aromatic heterocycles. The SMILES string of the molecule is N#Cc1cc(-c2n[nH]c3cc(F)c(O[C@H](N)c4c(Cl)cncc4Cl)cc23)cnc1O[C@@H]1CCOC1. The Hall–Kier alpha value is -3.49. The number of H-pyrrole nitrogens is 1. The maximum absolute atomic E-state index is 14.8. The topological polar surface area (TPSA) is 132 Å². The van der Waals surface area contributed by atoms with Gasteiger partial charge in [-0.15, -0.1) is 0 Å². The van der Waals surface area contributed by atoms with Gasteiger partial charge in [-0.3, -0.25) is 15.8 Å². The van der Waals surface area contributed by atoms with Crippen molar-refractivity contribution >= 4 is 34.1 Å². The summed E-state index contributed by atoms with van der Waals surface area (Å²) < 4.78 is 31.6. The zero-order chi connectivity index (χ0) is 24.5. The van der Waals surface area contributed by atoms with Crippen molar-refractivity contribution in [3.63, 3.8) is 0 Å². The Morgan fingerprint density at radius 3 is 2.74 bits per heavy atom. The molecular formula is C23H17Cl2FN6O3. The summed E-state index contributed by atoms with van der Waals surface area (Å²) in [5.74, 6) is -0.576. The van der Waals surface area contributed by atoms with Crippen LogP contribution in [0, 0.1) is 17.1 Å². The van der Waals surface area contributed by atoms with Gasteiger partial charge in [-0.25, -0.2) is 9.37 Å². The summed E-state index contributed by atoms with van der Waals surface area (Å²) >= 11 is 12.3. The lowest BCUT2D eigenvalue weighted by Crippen LogP contribution is -2.19. The molecule has 35 heavy (non-hydrogen) atoms. The number of nitrogens with two attached hydrogens (primary N) is 1. The summed E-state index contributed by atoms with van der Waals surface area (Å²) in [5, 5.41) is 17.6. The van der Waals surface area contributed by atoms with Gasteiger partial charge in [0.2, 0.25) is 5.88 Å². The molecule has 2 atom stereocenters. The van der Waals surface area contributed by atoms with Crippen molar-refractivity contribution in [2.75, 3.05) is 13.2 Å². The standard InChI is InChI=1S/C23H17Cl2FN6O3/c24-15-8-29-9-16(25)20(15)22(28)35-19-4-14-18(5-17(19)26)31-32-21(14)12-3-11(6-27)23(30-7-12)34-13-1-2-33-10-13/h3-5,7-9,13,22H,1-2,10,28H2,(H,31,32)/t13-,22+/m1/s1. The molecule has 4 aromatic rings. The smallest absolute Gasteiger partial charge is 0.232 e. The molecule has 3 N–H and O–H groups in total. The second-order valence-corrected chi connectivity index (χ2v) is 8.56. The number of pyridine rings is 2. The van der Waals surface area contributed by atoms with Gasteiger partial charge in [-0.1, -0.05) is 23.2 Å². The molecule has 1 aliphatic rings. The molecule has 12 heteroatoms. The molecule has 0 aliphatic carbocycles. The second kappa shape index (κ2) is 9.64. The molecule has 0 spiro atoms. The van der Waals surface area contributed by atoms with E-state index in [1.165, 1.54) is 30.7 Å². The van der Waals surface area contributed by atoms with E-state index in [1.807, 2.05) is 0 Å². The number of aromatic amines is 1. The van der Waals surface area contributed by atoms with Crippen molar-refractivity contribution in [3.8, 4) is 29.0 Å². The average Bonchev–Trinajstić information content (AvgIpc) is 3.49. The number of nitriles is 1. The van der Waals surface area contributed by atoms with Crippen LogP contribution in [0.3, 0.4) is 0 Å². The van der Waals surface area contributed by atoms with Gasteiger partial charge < -0.3 is 14.2 Å². The third-order valence-corrected chi connectivity index (χ3v) is 6.06. The molecule has 178 valence electrons. The molecule has 9 nitrogen and oxygen atoms in total. The predicted octanol–water partition coefficient (Wildman–Crippen LogP) is 4.54. The van der Waals surface area contributed by atoms with E-state index in [1.54, 1.807) is 6.07 Å². The maximum Gasteiger partial charge on any atom is 0.232 e. The van der Waals surface area contributed by atoms with Crippen molar-refractivity contribution in [2.24, 2.45) is 5.73 Å². The molecule has 4 heterocycles. The first-order chi connectivity index (χ1) is 16.9. The van der Waals surface area contributed by atoms with Crippen LogP contribution in [-0.2, 0) is 4.74 Å². The highest BCUT2D eigenvalue weighted by Gasteiger charge is 2.22. The molecule has 0 amide bonds. The Balaban J connectivity index is 1.48. The maximum atomic E-state index is 14.8. The molecule has 0 saturated carbocycles. The Labute approximate surface area is 208 Å². The van der Waals surface area contributed by atoms with E-state index in [4.69, 9.17) is 43.1 Å². The predicted molar refractivity (Wildman–Crippen MR) is 126 cm³/mol. The summed E-state index contributed by atoms with van der Waals surface area (Å²) in [4.78, 5) is 8.18. The highest BCUT2D eigenvalue weighted by Crippen LogP contribution is 2.35. The van der Waals surface area contributed by atoms with Gasteiger partial charge in [0.1, 0.15) is 23.4 Å². The number of fused-ring (bicyclic) bond motifs is 1. The molecular weight excluding hydrogens is 498 g/mol. The lowest BCUT2D eigenvalue weighted by molar-refractivity contribution is 0.138. The monoisotopic (exact) mass is 514 g/mol. The molecule has 1 aromatic carbocycles. The van der Waals surface area contributed by atoms with Crippen LogP contribution < -0.4 is 15.2 Å². The van der Waals surface area contributed by atoms with Crippen molar-refractivity contribution in [1.82, 2.24) is 20.2 Å². The molecule has 1 saturated heterocycles. The number of halogens is 3. The van der Waals surface area contributed by atoms with Crippen LogP contribution in [0.2, 0.25) is 10.0 Å². The zero-order valence-corrected chi connectivity index (χ0v) is 19.5. The van der Waals surface area contributed by atoms with E-state index < -0.39 is 12.0 Å². The Kier molecular flexibility index (Phi) is 6.40. The van der Waals surface area contributed by atoms with Crippen molar-refractivity contribution in [3.05, 3.63) is 63.8 Å². The summed E-state index contributed by atoms with van der Waals surface area (Å²) in [6.45, 7) is 1.05. The Bertz CT molecular complexity index is 1430. The van der Waals surface area contributed by atoms with Crippen LogP contribution in [-0.4, -0.2) is 39.5 Å². The fraction of sp³-hybridized carbons (Fsp3) is 0.217. The van der Waals surface area contributed by atoms with E-state index in [9.17, 15) is 9.65 Å². The van der Waals surface area contributed by atoms with Gasteiger partial charge in [0.25, 0.3) is 0 Å². The van der Waals surface area contributed by atoms with E-state index in [-0.39, 0.29) is 38.9 Å². The van der Waals surface area contributed by atoms with Gasteiger partial charge in [-0.2, -0.15) is 10.4 Å². The van der Waals surface area contributed by atoms with Gasteiger partial charge in [0, 0.05) is 47.6 Å². The molecule has 1 fully saturated rings. The van der Waals surface area contributed by atoms with Gasteiger partial charge in [0.05, 0.1) is 28.8 Å². The Morgan fingerprint density at radius 2 is 2.03 bits per heavy atom. The van der Waals surface area contributed by atoms with Crippen molar-refractivity contribution in [1.29, 1.82) is 5.26 Å². The lowest BCUT2D eigenvalue weighted by Gasteiger charge is -2.17. The fourth-order valence-corrected chi connectivity index (χ4v) is 4.32. The largest absolute Gasteiger partial charge is 0.471 e. The third-order valence-electron chi connectivity index (χ3n) is 5.46. The van der Waals surface area contributed by atoms with Crippen LogP contribution in [0.15, 0.2) is 36.8 Å². The first kappa shape index (κ1) is 23.3. The average molecular weight is 515 g/mol. The Morgan fingerprint density at radius 1 is 1.23 bits per heavy atom. The number of benzene rings is 1. The van der Waals surface area contributed by atoms with E-state index >= 15 is 0 Å². The summed E-state index contributed by atoms with van der Waals surface area (Å²) in [6.07, 6.45) is 3.70. The van der Waals surface area contributed by atoms with E-state index in [2.05, 4.69) is 26.2 Å². The van der Waals surface area contributed by atoms with Gasteiger partial charge in [0.15, 0.2) is 17.8 Å². The van der Waals surface area contributed by atoms with Crippen molar-refractivity contribution in [2.45, 2.75) is 18.8 Å². The minimum absolute atomic E-state index is 0.133. The number of nitrogens with zero attached hydrogens (tertiary/aromatic N) is 4.